The summed E-state index contributed by atoms with van der Waals surface area (Å²) in [5.74, 6) is -1.14. The summed E-state index contributed by atoms with van der Waals surface area (Å²) in [6, 6.07) is 6.00. The molecule has 4 nitrogen and oxygen atoms in total. The normalized spacial score (nSPS) is 10.0. The molecule has 0 unspecified atom stereocenters. The average Bonchev–Trinajstić information content (AvgIpc) is 2.39. The van der Waals surface area contributed by atoms with Crippen LogP contribution in [0.5, 0.6) is 0 Å². The van der Waals surface area contributed by atoms with Crippen LogP contribution in [-0.4, -0.2) is 25.2 Å². The quantitative estimate of drug-likeness (QED) is 0.712. The highest BCUT2D eigenvalue weighted by atomic mass is 19.1. The summed E-state index contributed by atoms with van der Waals surface area (Å²) < 4.78 is 22.3. The predicted molar refractivity (Wildman–Crippen MR) is 66.9 cm³/mol. The molecular formula is C14H17FO4. The minimum atomic E-state index is -0.435. The van der Waals surface area contributed by atoms with Gasteiger partial charge in [-0.15, -0.1) is 0 Å². The second-order valence-electron chi connectivity index (χ2n) is 3.90. The summed E-state index contributed by atoms with van der Waals surface area (Å²) in [7, 11) is 0. The molecule has 0 aromatic heterocycles. The molecule has 0 N–H and O–H groups in total. The summed E-state index contributed by atoms with van der Waals surface area (Å²) in [4.78, 5) is 22.3. The first kappa shape index (κ1) is 15.1. The molecule has 0 radical (unpaired) electrons. The van der Waals surface area contributed by atoms with Gasteiger partial charge in [0.05, 0.1) is 26.1 Å². The van der Waals surface area contributed by atoms with Crippen LogP contribution in [0.2, 0.25) is 0 Å². The van der Waals surface area contributed by atoms with Crippen molar-refractivity contribution in [2.24, 2.45) is 0 Å². The number of hydrogen-bond donors (Lipinski definition) is 0. The first-order valence-electron chi connectivity index (χ1n) is 6.17. The standard InChI is InChI=1S/C14H17FO4/c1-2-18-13(16)7-8-14(17)19-10-9-11-3-5-12(15)6-4-11/h3-6H,2,7-10H2,1H3. The number of rotatable bonds is 7. The van der Waals surface area contributed by atoms with Crippen molar-refractivity contribution in [3.63, 3.8) is 0 Å². The van der Waals surface area contributed by atoms with Crippen molar-refractivity contribution in [1.29, 1.82) is 0 Å². The maximum Gasteiger partial charge on any atom is 0.306 e. The van der Waals surface area contributed by atoms with E-state index in [0.717, 1.165) is 5.56 Å². The van der Waals surface area contributed by atoms with E-state index in [2.05, 4.69) is 0 Å². The number of hydrogen-bond acceptors (Lipinski definition) is 4. The molecule has 104 valence electrons. The second-order valence-corrected chi connectivity index (χ2v) is 3.90. The molecule has 0 spiro atoms. The highest BCUT2D eigenvalue weighted by Gasteiger charge is 2.08. The molecule has 0 aliphatic carbocycles. The Labute approximate surface area is 111 Å². The number of benzene rings is 1. The van der Waals surface area contributed by atoms with Crippen LogP contribution in [0.1, 0.15) is 25.3 Å². The summed E-state index contributed by atoms with van der Waals surface area (Å²) in [5.41, 5.74) is 0.889. The zero-order valence-corrected chi connectivity index (χ0v) is 10.9. The van der Waals surface area contributed by atoms with E-state index in [1.165, 1.54) is 12.1 Å². The Morgan fingerprint density at radius 2 is 1.63 bits per heavy atom. The maximum absolute atomic E-state index is 12.6. The lowest BCUT2D eigenvalue weighted by Gasteiger charge is -2.05. The number of esters is 2. The summed E-state index contributed by atoms with van der Waals surface area (Å²) in [5, 5.41) is 0. The van der Waals surface area contributed by atoms with Gasteiger partial charge in [0.2, 0.25) is 0 Å². The largest absolute Gasteiger partial charge is 0.466 e. The monoisotopic (exact) mass is 268 g/mol. The van der Waals surface area contributed by atoms with Gasteiger partial charge in [-0.05, 0) is 24.6 Å². The maximum atomic E-state index is 12.6. The molecule has 1 aromatic carbocycles. The van der Waals surface area contributed by atoms with E-state index in [4.69, 9.17) is 9.47 Å². The topological polar surface area (TPSA) is 52.6 Å². The summed E-state index contributed by atoms with van der Waals surface area (Å²) in [6.07, 6.45) is 0.566. The lowest BCUT2D eigenvalue weighted by molar-refractivity contribution is -0.150. The fourth-order valence-electron chi connectivity index (χ4n) is 1.44. The van der Waals surface area contributed by atoms with E-state index in [1.807, 2.05) is 0 Å². The van der Waals surface area contributed by atoms with E-state index in [9.17, 15) is 14.0 Å². The van der Waals surface area contributed by atoms with E-state index in [1.54, 1.807) is 19.1 Å². The van der Waals surface area contributed by atoms with Crippen molar-refractivity contribution in [3.8, 4) is 0 Å². The molecule has 0 saturated carbocycles. The average molecular weight is 268 g/mol. The highest BCUT2D eigenvalue weighted by molar-refractivity contribution is 5.77. The number of halogens is 1. The number of carbonyl (C=O) groups excluding carboxylic acids is 2. The Balaban J connectivity index is 2.16. The molecule has 0 heterocycles. The smallest absolute Gasteiger partial charge is 0.306 e. The van der Waals surface area contributed by atoms with E-state index < -0.39 is 11.9 Å². The third-order valence-corrected chi connectivity index (χ3v) is 2.41. The molecule has 0 bridgehead atoms. The van der Waals surface area contributed by atoms with Gasteiger partial charge < -0.3 is 9.47 Å². The first-order valence-corrected chi connectivity index (χ1v) is 6.17. The van der Waals surface area contributed by atoms with Gasteiger partial charge in [-0.2, -0.15) is 0 Å². The number of carbonyl (C=O) groups is 2. The SMILES string of the molecule is CCOC(=O)CCC(=O)OCCc1ccc(F)cc1. The lowest BCUT2D eigenvalue weighted by atomic mass is 10.2. The zero-order chi connectivity index (χ0) is 14.1. The molecule has 1 aromatic rings. The van der Waals surface area contributed by atoms with Crippen LogP contribution in [0, 0.1) is 5.82 Å². The minimum Gasteiger partial charge on any atom is -0.466 e. The molecule has 5 heteroatoms. The molecule has 0 amide bonds. The third-order valence-electron chi connectivity index (χ3n) is 2.41. The minimum absolute atomic E-state index is 0.0161. The van der Waals surface area contributed by atoms with Crippen molar-refractivity contribution in [1.82, 2.24) is 0 Å². The van der Waals surface area contributed by atoms with Crippen LogP contribution in [0.3, 0.4) is 0 Å². The van der Waals surface area contributed by atoms with Crippen LogP contribution in [-0.2, 0) is 25.5 Å². The van der Waals surface area contributed by atoms with Gasteiger partial charge in [0.15, 0.2) is 0 Å². The molecule has 0 aliphatic rings. The molecule has 1 rings (SSSR count). The Hall–Kier alpha value is -1.91. The van der Waals surface area contributed by atoms with E-state index >= 15 is 0 Å². The molecule has 0 saturated heterocycles. The van der Waals surface area contributed by atoms with Gasteiger partial charge in [-0.3, -0.25) is 9.59 Å². The fourth-order valence-corrected chi connectivity index (χ4v) is 1.44. The van der Waals surface area contributed by atoms with Gasteiger partial charge in [-0.25, -0.2) is 4.39 Å². The van der Waals surface area contributed by atoms with Crippen LogP contribution in [0.15, 0.2) is 24.3 Å². The van der Waals surface area contributed by atoms with Gasteiger partial charge in [0.25, 0.3) is 0 Å². The second kappa shape index (κ2) is 8.24. The summed E-state index contributed by atoms with van der Waals surface area (Å²) in [6.45, 7) is 2.23. The molecule has 19 heavy (non-hydrogen) atoms. The van der Waals surface area contributed by atoms with E-state index in [-0.39, 0.29) is 25.3 Å². The number of ether oxygens (including phenoxy) is 2. The van der Waals surface area contributed by atoms with Crippen LogP contribution >= 0.6 is 0 Å². The third kappa shape index (κ3) is 6.55. The molecule has 0 atom stereocenters. The van der Waals surface area contributed by atoms with Crippen molar-refractivity contribution >= 4 is 11.9 Å². The van der Waals surface area contributed by atoms with Gasteiger partial charge >= 0.3 is 11.9 Å². The van der Waals surface area contributed by atoms with Crippen LogP contribution in [0.4, 0.5) is 4.39 Å². The van der Waals surface area contributed by atoms with Crippen molar-refractivity contribution in [2.45, 2.75) is 26.2 Å². The van der Waals surface area contributed by atoms with Gasteiger partial charge in [0, 0.05) is 6.42 Å². The zero-order valence-electron chi connectivity index (χ0n) is 10.9. The van der Waals surface area contributed by atoms with E-state index in [0.29, 0.717) is 13.0 Å². The molecule has 0 fully saturated rings. The lowest BCUT2D eigenvalue weighted by Crippen LogP contribution is -2.11. The van der Waals surface area contributed by atoms with Crippen LogP contribution in [0.25, 0.3) is 0 Å². The van der Waals surface area contributed by atoms with Crippen molar-refractivity contribution < 1.29 is 23.5 Å². The Morgan fingerprint density at radius 1 is 1.05 bits per heavy atom. The predicted octanol–water partition coefficient (Wildman–Crippen LogP) is 2.25. The molecular weight excluding hydrogens is 251 g/mol. The fraction of sp³-hybridized carbons (Fsp3) is 0.429. The van der Waals surface area contributed by atoms with Gasteiger partial charge in [-0.1, -0.05) is 12.1 Å². The summed E-state index contributed by atoms with van der Waals surface area (Å²) >= 11 is 0. The van der Waals surface area contributed by atoms with Crippen molar-refractivity contribution in [3.05, 3.63) is 35.6 Å². The van der Waals surface area contributed by atoms with Crippen molar-refractivity contribution in [2.75, 3.05) is 13.2 Å². The Kier molecular flexibility index (Phi) is 6.57. The Bertz CT molecular complexity index is 414. The first-order chi connectivity index (χ1) is 9.11. The highest BCUT2D eigenvalue weighted by Crippen LogP contribution is 2.04. The Morgan fingerprint density at radius 3 is 2.21 bits per heavy atom. The van der Waals surface area contributed by atoms with Gasteiger partial charge in [0.1, 0.15) is 5.82 Å². The molecule has 0 aliphatic heterocycles. The van der Waals surface area contributed by atoms with Crippen LogP contribution < -0.4 is 0 Å².